The Morgan fingerprint density at radius 3 is 2.19 bits per heavy atom. The first kappa shape index (κ1) is 18.4. The molecule has 0 fully saturated rings. The van der Waals surface area contributed by atoms with Crippen molar-refractivity contribution < 1.29 is 9.59 Å². The number of amides is 2. The maximum Gasteiger partial charge on any atom is 0.259 e. The Morgan fingerprint density at radius 2 is 1.59 bits per heavy atom. The van der Waals surface area contributed by atoms with Crippen molar-refractivity contribution in [1.29, 1.82) is 0 Å². The maximum atomic E-state index is 12.8. The maximum absolute atomic E-state index is 12.8. The number of carbonyl (C=O) groups excluding carboxylic acids is 2. The van der Waals surface area contributed by atoms with E-state index in [2.05, 4.69) is 10.4 Å². The molecule has 0 spiro atoms. The molecule has 6 nitrogen and oxygen atoms in total. The van der Waals surface area contributed by atoms with E-state index in [4.69, 9.17) is 0 Å². The molecule has 0 saturated heterocycles. The van der Waals surface area contributed by atoms with Gasteiger partial charge in [-0.05, 0) is 50.2 Å². The van der Waals surface area contributed by atoms with Crippen molar-refractivity contribution >= 4 is 17.5 Å². The predicted octanol–water partition coefficient (Wildman–Crippen LogP) is 3.44. The van der Waals surface area contributed by atoms with Crippen LogP contribution in [0.25, 0.3) is 5.69 Å². The summed E-state index contributed by atoms with van der Waals surface area (Å²) in [5.74, 6) is -0.303. The Hall–Kier alpha value is -3.41. The van der Waals surface area contributed by atoms with Crippen LogP contribution < -0.4 is 5.32 Å². The second-order valence-corrected chi connectivity index (χ2v) is 6.52. The SMILES string of the molecule is Cc1nn(-c2ccccc2)c(C)c1C(=O)Nc1ccc(C(=O)N(C)C)cc1. The Labute approximate surface area is 158 Å². The Bertz CT molecular complexity index is 973. The molecule has 2 aromatic carbocycles. The second-order valence-electron chi connectivity index (χ2n) is 6.52. The second kappa shape index (κ2) is 7.45. The summed E-state index contributed by atoms with van der Waals surface area (Å²) in [6.07, 6.45) is 0. The van der Waals surface area contributed by atoms with E-state index < -0.39 is 0 Å². The fraction of sp³-hybridized carbons (Fsp3) is 0.190. The van der Waals surface area contributed by atoms with Crippen LogP contribution in [0.2, 0.25) is 0 Å². The van der Waals surface area contributed by atoms with Crippen LogP contribution in [0.3, 0.4) is 0 Å². The molecule has 0 unspecified atom stereocenters. The van der Waals surface area contributed by atoms with E-state index in [1.54, 1.807) is 43.0 Å². The van der Waals surface area contributed by atoms with Gasteiger partial charge in [-0.15, -0.1) is 0 Å². The van der Waals surface area contributed by atoms with E-state index >= 15 is 0 Å². The van der Waals surface area contributed by atoms with Crippen LogP contribution >= 0.6 is 0 Å². The van der Waals surface area contributed by atoms with Crippen LogP contribution in [0.1, 0.15) is 32.1 Å². The summed E-state index contributed by atoms with van der Waals surface area (Å²) in [5.41, 5.74) is 4.09. The number of benzene rings is 2. The van der Waals surface area contributed by atoms with Gasteiger partial charge in [-0.3, -0.25) is 9.59 Å². The van der Waals surface area contributed by atoms with Crippen molar-refractivity contribution in [1.82, 2.24) is 14.7 Å². The number of hydrogen-bond donors (Lipinski definition) is 1. The summed E-state index contributed by atoms with van der Waals surface area (Å²) in [6.45, 7) is 3.70. The molecule has 1 heterocycles. The lowest BCUT2D eigenvalue weighted by atomic mass is 10.1. The fourth-order valence-corrected chi connectivity index (χ4v) is 2.94. The first-order valence-corrected chi connectivity index (χ1v) is 8.63. The number of carbonyl (C=O) groups is 2. The number of aryl methyl sites for hydroxylation is 1. The number of anilines is 1. The van der Waals surface area contributed by atoms with E-state index in [1.807, 2.05) is 44.2 Å². The van der Waals surface area contributed by atoms with Gasteiger partial charge in [0.2, 0.25) is 0 Å². The summed E-state index contributed by atoms with van der Waals surface area (Å²) in [7, 11) is 3.40. The quantitative estimate of drug-likeness (QED) is 0.773. The lowest BCUT2D eigenvalue weighted by molar-refractivity contribution is 0.0827. The van der Waals surface area contributed by atoms with Crippen molar-refractivity contribution in [2.45, 2.75) is 13.8 Å². The highest BCUT2D eigenvalue weighted by atomic mass is 16.2. The average Bonchev–Trinajstić information content (AvgIpc) is 2.96. The predicted molar refractivity (Wildman–Crippen MR) is 105 cm³/mol. The Balaban J connectivity index is 1.83. The summed E-state index contributed by atoms with van der Waals surface area (Å²) in [6, 6.07) is 16.5. The number of hydrogen-bond acceptors (Lipinski definition) is 3. The lowest BCUT2D eigenvalue weighted by Gasteiger charge is -2.11. The van der Waals surface area contributed by atoms with E-state index in [9.17, 15) is 9.59 Å². The molecule has 0 aliphatic heterocycles. The molecule has 0 aliphatic rings. The largest absolute Gasteiger partial charge is 0.345 e. The van der Waals surface area contributed by atoms with Crippen LogP contribution in [-0.2, 0) is 0 Å². The fourth-order valence-electron chi connectivity index (χ4n) is 2.94. The Kier molecular flexibility index (Phi) is 5.07. The van der Waals surface area contributed by atoms with Crippen molar-refractivity contribution in [2.75, 3.05) is 19.4 Å². The van der Waals surface area contributed by atoms with E-state index in [1.165, 1.54) is 4.90 Å². The molecule has 3 rings (SSSR count). The standard InChI is InChI=1S/C21H22N4O2/c1-14-19(15(2)25(23-14)18-8-6-5-7-9-18)20(26)22-17-12-10-16(11-13-17)21(27)24(3)4/h5-13H,1-4H3,(H,22,26). The number of nitrogens with one attached hydrogen (secondary N) is 1. The third-order valence-electron chi connectivity index (χ3n) is 4.32. The van der Waals surface area contributed by atoms with Gasteiger partial charge in [0.1, 0.15) is 0 Å². The van der Waals surface area contributed by atoms with Crippen molar-refractivity contribution in [3.8, 4) is 5.69 Å². The van der Waals surface area contributed by atoms with Gasteiger partial charge in [0, 0.05) is 25.3 Å². The molecule has 2 amide bonds. The van der Waals surface area contributed by atoms with Gasteiger partial charge >= 0.3 is 0 Å². The van der Waals surface area contributed by atoms with Gasteiger partial charge in [0.25, 0.3) is 11.8 Å². The van der Waals surface area contributed by atoms with E-state index in [0.717, 1.165) is 11.4 Å². The van der Waals surface area contributed by atoms with Crippen LogP contribution in [-0.4, -0.2) is 40.6 Å². The zero-order chi connectivity index (χ0) is 19.6. The summed E-state index contributed by atoms with van der Waals surface area (Å²) in [5, 5.41) is 7.39. The number of aromatic nitrogens is 2. The van der Waals surface area contributed by atoms with Crippen LogP contribution in [0, 0.1) is 13.8 Å². The van der Waals surface area contributed by atoms with Gasteiger partial charge in [-0.1, -0.05) is 18.2 Å². The molecule has 1 N–H and O–H groups in total. The van der Waals surface area contributed by atoms with Crippen LogP contribution in [0.4, 0.5) is 5.69 Å². The molecule has 0 aliphatic carbocycles. The lowest BCUT2D eigenvalue weighted by Crippen LogP contribution is -2.21. The molecule has 138 valence electrons. The first-order chi connectivity index (χ1) is 12.9. The molecular weight excluding hydrogens is 340 g/mol. The summed E-state index contributed by atoms with van der Waals surface area (Å²) in [4.78, 5) is 26.3. The third kappa shape index (κ3) is 3.74. The molecule has 3 aromatic rings. The van der Waals surface area contributed by atoms with Crippen LogP contribution in [0.15, 0.2) is 54.6 Å². The molecule has 1 aromatic heterocycles. The zero-order valence-electron chi connectivity index (χ0n) is 15.9. The number of para-hydroxylation sites is 1. The minimum atomic E-state index is -0.223. The van der Waals surface area contributed by atoms with Gasteiger partial charge in [0.05, 0.1) is 22.6 Å². The zero-order valence-corrected chi connectivity index (χ0v) is 15.9. The molecule has 6 heteroatoms. The molecular formula is C21H22N4O2. The first-order valence-electron chi connectivity index (χ1n) is 8.63. The monoisotopic (exact) mass is 362 g/mol. The highest BCUT2D eigenvalue weighted by Crippen LogP contribution is 2.20. The molecule has 27 heavy (non-hydrogen) atoms. The highest BCUT2D eigenvalue weighted by molar-refractivity contribution is 6.06. The van der Waals surface area contributed by atoms with Crippen molar-refractivity contribution in [2.24, 2.45) is 0 Å². The van der Waals surface area contributed by atoms with Gasteiger partial charge in [-0.25, -0.2) is 4.68 Å². The Morgan fingerprint density at radius 1 is 0.963 bits per heavy atom. The molecule has 0 bridgehead atoms. The van der Waals surface area contributed by atoms with Crippen molar-refractivity contribution in [3.63, 3.8) is 0 Å². The third-order valence-corrected chi connectivity index (χ3v) is 4.32. The normalized spacial score (nSPS) is 10.5. The van der Waals surface area contributed by atoms with Crippen LogP contribution in [0.5, 0.6) is 0 Å². The number of rotatable bonds is 4. The summed E-state index contributed by atoms with van der Waals surface area (Å²) < 4.78 is 1.77. The molecule has 0 radical (unpaired) electrons. The molecule has 0 saturated carbocycles. The van der Waals surface area contributed by atoms with Gasteiger partial charge in [-0.2, -0.15) is 5.10 Å². The average molecular weight is 362 g/mol. The van der Waals surface area contributed by atoms with Crippen molar-refractivity contribution in [3.05, 3.63) is 77.1 Å². The summed E-state index contributed by atoms with van der Waals surface area (Å²) >= 11 is 0. The topological polar surface area (TPSA) is 67.2 Å². The van der Waals surface area contributed by atoms with E-state index in [-0.39, 0.29) is 11.8 Å². The highest BCUT2D eigenvalue weighted by Gasteiger charge is 2.19. The smallest absolute Gasteiger partial charge is 0.259 e. The number of nitrogens with zero attached hydrogens (tertiary/aromatic N) is 3. The van der Waals surface area contributed by atoms with Gasteiger partial charge < -0.3 is 10.2 Å². The molecule has 0 atom stereocenters. The minimum absolute atomic E-state index is 0.0799. The van der Waals surface area contributed by atoms with E-state index in [0.29, 0.717) is 22.5 Å². The van der Waals surface area contributed by atoms with Gasteiger partial charge in [0.15, 0.2) is 0 Å². The minimum Gasteiger partial charge on any atom is -0.345 e.